The Balaban J connectivity index is 1.97. The number of aromatic nitrogens is 1. The average molecular weight is 406 g/mol. The number of thioether (sulfide) groups is 1. The molecule has 4 nitrogen and oxygen atoms in total. The number of anilines is 1. The van der Waals surface area contributed by atoms with Crippen molar-refractivity contribution in [3.05, 3.63) is 53.1 Å². The Labute approximate surface area is 166 Å². The molecule has 0 aliphatic rings. The topological polar surface area (TPSA) is 36.4 Å². The van der Waals surface area contributed by atoms with E-state index in [1.807, 2.05) is 62.8 Å². The first-order valence-corrected chi connectivity index (χ1v) is 10.6. The second-order valence-electron chi connectivity index (χ2n) is 6.07. The number of nitrogens with zero attached hydrogens (tertiary/aromatic N) is 3. The normalized spacial score (nSPS) is 11.3. The third kappa shape index (κ3) is 4.20. The molecule has 0 spiro atoms. The third-order valence-corrected chi connectivity index (χ3v) is 6.03. The molecule has 1 aromatic heterocycles. The quantitative estimate of drug-likeness (QED) is 0.547. The van der Waals surface area contributed by atoms with Crippen LogP contribution in [-0.4, -0.2) is 49.2 Å². The van der Waals surface area contributed by atoms with Crippen LogP contribution in [0.4, 0.5) is 5.13 Å². The predicted molar refractivity (Wildman–Crippen MR) is 113 cm³/mol. The van der Waals surface area contributed by atoms with E-state index in [4.69, 9.17) is 11.6 Å². The number of para-hydroxylation sites is 1. The fourth-order valence-electron chi connectivity index (χ4n) is 2.49. The zero-order valence-electron chi connectivity index (χ0n) is 14.9. The fourth-order valence-corrected chi connectivity index (χ4v) is 4.19. The first-order valence-electron chi connectivity index (χ1n) is 8.15. The van der Waals surface area contributed by atoms with Gasteiger partial charge in [-0.1, -0.05) is 29.0 Å². The van der Waals surface area contributed by atoms with E-state index in [1.165, 1.54) is 11.3 Å². The van der Waals surface area contributed by atoms with Crippen LogP contribution in [0.15, 0.2) is 47.4 Å². The number of fused-ring (bicyclic) bond motifs is 1. The summed E-state index contributed by atoms with van der Waals surface area (Å²) in [6.07, 6.45) is 2.02. The van der Waals surface area contributed by atoms with Crippen molar-refractivity contribution in [1.82, 2.24) is 9.88 Å². The maximum absolute atomic E-state index is 13.2. The summed E-state index contributed by atoms with van der Waals surface area (Å²) in [6.45, 7) is 1.31. The second kappa shape index (κ2) is 8.39. The molecule has 0 saturated heterocycles. The number of likely N-dealkylation sites (N-methyl/N-ethyl adjacent to an activating group) is 1. The number of hydrogen-bond donors (Lipinski definition) is 0. The van der Waals surface area contributed by atoms with Crippen LogP contribution < -0.4 is 4.90 Å². The molecule has 0 atom stereocenters. The summed E-state index contributed by atoms with van der Waals surface area (Å²) in [7, 11) is 3.98. The summed E-state index contributed by atoms with van der Waals surface area (Å²) in [6, 6.07) is 13.4. The van der Waals surface area contributed by atoms with Crippen molar-refractivity contribution in [2.45, 2.75) is 4.90 Å². The summed E-state index contributed by atoms with van der Waals surface area (Å²) in [5.74, 6) is -0.0466. The molecule has 0 aliphatic carbocycles. The molecule has 2 aromatic carbocycles. The molecule has 0 bridgehead atoms. The number of halogens is 1. The number of thiazole rings is 1. The molecule has 136 valence electrons. The van der Waals surface area contributed by atoms with Gasteiger partial charge in [-0.2, -0.15) is 0 Å². The van der Waals surface area contributed by atoms with Crippen molar-refractivity contribution in [3.8, 4) is 0 Å². The summed E-state index contributed by atoms with van der Waals surface area (Å²) in [5.41, 5.74) is 1.40. The molecule has 0 N–H and O–H groups in total. The van der Waals surface area contributed by atoms with Crippen LogP contribution in [0.5, 0.6) is 0 Å². The highest BCUT2D eigenvalue weighted by Gasteiger charge is 2.22. The van der Waals surface area contributed by atoms with Gasteiger partial charge < -0.3 is 4.90 Å². The van der Waals surface area contributed by atoms with Gasteiger partial charge in [0, 0.05) is 23.5 Å². The molecule has 0 radical (unpaired) electrons. The van der Waals surface area contributed by atoms with Crippen molar-refractivity contribution in [2.75, 3.05) is 38.3 Å². The molecule has 0 saturated carbocycles. The molecule has 0 fully saturated rings. The minimum absolute atomic E-state index is 0.0466. The highest BCUT2D eigenvalue weighted by molar-refractivity contribution is 7.98. The van der Waals surface area contributed by atoms with Gasteiger partial charge in [-0.3, -0.25) is 9.69 Å². The molecule has 3 rings (SSSR count). The number of benzene rings is 2. The van der Waals surface area contributed by atoms with Gasteiger partial charge in [0.1, 0.15) is 5.52 Å². The SMILES string of the molecule is CSc1ccc(C(=O)N(CCN(C)C)c2nc3c(Cl)cccc3s2)cc1. The number of amides is 1. The monoisotopic (exact) mass is 405 g/mol. The lowest BCUT2D eigenvalue weighted by atomic mass is 10.2. The Morgan fingerprint density at radius 2 is 1.88 bits per heavy atom. The van der Waals surface area contributed by atoms with Gasteiger partial charge in [-0.15, -0.1) is 11.8 Å². The highest BCUT2D eigenvalue weighted by atomic mass is 35.5. The minimum atomic E-state index is -0.0466. The lowest BCUT2D eigenvalue weighted by Gasteiger charge is -2.22. The van der Waals surface area contributed by atoms with Crippen LogP contribution in [0, 0.1) is 0 Å². The number of hydrogen-bond acceptors (Lipinski definition) is 5. The van der Waals surface area contributed by atoms with Crippen LogP contribution in [-0.2, 0) is 0 Å². The first kappa shape index (κ1) is 19.2. The van der Waals surface area contributed by atoms with Gasteiger partial charge in [-0.25, -0.2) is 4.98 Å². The summed E-state index contributed by atoms with van der Waals surface area (Å²) in [5, 5.41) is 1.28. The van der Waals surface area contributed by atoms with E-state index in [-0.39, 0.29) is 5.91 Å². The molecule has 0 unspecified atom stereocenters. The fraction of sp³-hybridized carbons (Fsp3) is 0.263. The van der Waals surface area contributed by atoms with Gasteiger partial charge in [0.2, 0.25) is 0 Å². The lowest BCUT2D eigenvalue weighted by Crippen LogP contribution is -2.36. The van der Waals surface area contributed by atoms with Crippen molar-refractivity contribution in [3.63, 3.8) is 0 Å². The zero-order chi connectivity index (χ0) is 18.7. The summed E-state index contributed by atoms with van der Waals surface area (Å²) >= 11 is 9.41. The summed E-state index contributed by atoms with van der Waals surface area (Å²) in [4.78, 5) is 22.7. The van der Waals surface area contributed by atoms with E-state index in [0.717, 1.165) is 21.7 Å². The Bertz CT molecular complexity index is 909. The van der Waals surface area contributed by atoms with Crippen molar-refractivity contribution in [1.29, 1.82) is 0 Å². The van der Waals surface area contributed by atoms with Crippen LogP contribution >= 0.6 is 34.7 Å². The maximum atomic E-state index is 13.2. The Morgan fingerprint density at radius 3 is 2.50 bits per heavy atom. The molecular weight excluding hydrogens is 386 g/mol. The van der Waals surface area contributed by atoms with Gasteiger partial charge in [-0.05, 0) is 56.7 Å². The van der Waals surface area contributed by atoms with Gasteiger partial charge in [0.25, 0.3) is 5.91 Å². The Kier molecular flexibility index (Phi) is 6.19. The molecule has 0 aliphatic heterocycles. The van der Waals surface area contributed by atoms with Crippen LogP contribution in [0.25, 0.3) is 10.2 Å². The Hall–Kier alpha value is -1.60. The van der Waals surface area contributed by atoms with Gasteiger partial charge >= 0.3 is 0 Å². The minimum Gasteiger partial charge on any atom is -0.308 e. The maximum Gasteiger partial charge on any atom is 0.260 e. The van der Waals surface area contributed by atoms with E-state index >= 15 is 0 Å². The molecule has 1 heterocycles. The Morgan fingerprint density at radius 1 is 1.15 bits per heavy atom. The van der Waals surface area contributed by atoms with Gasteiger partial charge in [0.05, 0.1) is 9.72 Å². The molecule has 1 amide bonds. The number of carbonyl (C=O) groups is 1. The lowest BCUT2D eigenvalue weighted by molar-refractivity contribution is 0.0985. The molecule has 3 aromatic rings. The third-order valence-electron chi connectivity index (χ3n) is 3.94. The van der Waals surface area contributed by atoms with E-state index in [2.05, 4.69) is 9.88 Å². The molecule has 7 heteroatoms. The average Bonchev–Trinajstić information content (AvgIpc) is 3.07. The van der Waals surface area contributed by atoms with Crippen LogP contribution in [0.2, 0.25) is 5.02 Å². The van der Waals surface area contributed by atoms with E-state index < -0.39 is 0 Å². The first-order chi connectivity index (χ1) is 12.5. The van der Waals surface area contributed by atoms with Crippen LogP contribution in [0.3, 0.4) is 0 Å². The van der Waals surface area contributed by atoms with E-state index in [1.54, 1.807) is 16.7 Å². The number of carbonyl (C=O) groups excluding carboxylic acids is 1. The zero-order valence-corrected chi connectivity index (χ0v) is 17.3. The largest absolute Gasteiger partial charge is 0.308 e. The van der Waals surface area contributed by atoms with E-state index in [9.17, 15) is 4.79 Å². The molecule has 26 heavy (non-hydrogen) atoms. The number of rotatable bonds is 6. The second-order valence-corrected chi connectivity index (χ2v) is 8.37. The van der Waals surface area contributed by atoms with Crippen molar-refractivity contribution >= 4 is 56.0 Å². The van der Waals surface area contributed by atoms with Gasteiger partial charge in [0.15, 0.2) is 5.13 Å². The summed E-state index contributed by atoms with van der Waals surface area (Å²) < 4.78 is 0.980. The van der Waals surface area contributed by atoms with Crippen molar-refractivity contribution in [2.24, 2.45) is 0 Å². The highest BCUT2D eigenvalue weighted by Crippen LogP contribution is 2.33. The standard InChI is InChI=1S/C19H20ClN3OS2/c1-22(2)11-12-23(18(24)13-7-9-14(25-3)10-8-13)19-21-17-15(20)5-4-6-16(17)26-19/h4-10H,11-12H2,1-3H3. The van der Waals surface area contributed by atoms with Crippen molar-refractivity contribution < 1.29 is 4.79 Å². The molecular formula is C19H20ClN3OS2. The van der Waals surface area contributed by atoms with Crippen LogP contribution in [0.1, 0.15) is 10.4 Å². The predicted octanol–water partition coefficient (Wildman–Crippen LogP) is 4.88. The van der Waals surface area contributed by atoms with E-state index in [0.29, 0.717) is 22.3 Å². The smallest absolute Gasteiger partial charge is 0.260 e.